The highest BCUT2D eigenvalue weighted by Crippen LogP contribution is 2.48. The fraction of sp³-hybridized carbons (Fsp3) is 0. The molecule has 0 aliphatic heterocycles. The number of hydrogen-bond acceptors (Lipinski definition) is 4. The second-order valence-electron chi connectivity index (χ2n) is 32.2. The van der Waals surface area contributed by atoms with Gasteiger partial charge in [0.2, 0.25) is 0 Å². The van der Waals surface area contributed by atoms with Crippen LogP contribution in [0.5, 0.6) is 0 Å². The zero-order chi connectivity index (χ0) is 81.7. The maximum Gasteiger partial charge on any atom is 0.0979 e. The third-order valence-electron chi connectivity index (χ3n) is 25.1. The minimum atomic E-state index is 0.853. The van der Waals surface area contributed by atoms with Gasteiger partial charge in [-0.1, -0.05) is 358 Å². The predicted octanol–water partition coefficient (Wildman–Crippen LogP) is 31.4. The molecule has 0 unspecified atom stereocenters. The Hall–Kier alpha value is -16.5. The normalized spacial score (nSPS) is 11.7. The Morgan fingerprint density at radius 1 is 0.145 bits per heavy atom. The summed E-state index contributed by atoms with van der Waals surface area (Å²) in [7, 11) is 0. The van der Waals surface area contributed by atoms with Crippen molar-refractivity contribution in [3.05, 3.63) is 449 Å². The average Bonchev–Trinajstić information content (AvgIpc) is 1.54. The number of para-hydroxylation sites is 4. The van der Waals surface area contributed by atoms with Gasteiger partial charge in [-0.3, -0.25) is 0 Å². The van der Waals surface area contributed by atoms with E-state index in [4.69, 9.17) is 19.9 Å². The summed E-state index contributed by atoms with van der Waals surface area (Å²) < 4.78 is 4.94. The van der Waals surface area contributed by atoms with Crippen LogP contribution in [-0.4, -0.2) is 29.1 Å². The van der Waals surface area contributed by atoms with Crippen molar-refractivity contribution in [3.63, 3.8) is 0 Å². The van der Waals surface area contributed by atoms with Crippen LogP contribution in [0, 0.1) is 0 Å². The molecule has 4 aromatic heterocycles. The van der Waals surface area contributed by atoms with Crippen molar-refractivity contribution in [1.82, 2.24) is 29.1 Å². The van der Waals surface area contributed by atoms with E-state index < -0.39 is 0 Å². The minimum Gasteiger partial charge on any atom is -0.309 e. The molecule has 6 nitrogen and oxygen atoms in total. The number of nitrogens with zero attached hydrogens (tertiary/aromatic N) is 6. The third-order valence-corrected chi connectivity index (χ3v) is 25.1. The molecule has 0 saturated heterocycles. The first-order chi connectivity index (χ1) is 61.5. The predicted molar refractivity (Wildman–Crippen MR) is 522 cm³/mol. The van der Waals surface area contributed by atoms with Crippen molar-refractivity contribution in [2.75, 3.05) is 0 Å². The Bertz CT molecular complexity index is 8340. The lowest BCUT2D eigenvalue weighted by Gasteiger charge is -2.17. The molecule has 0 saturated carbocycles. The van der Waals surface area contributed by atoms with Crippen LogP contribution in [0.1, 0.15) is 0 Å². The molecule has 21 aromatic carbocycles. The molecule has 25 rings (SSSR count). The van der Waals surface area contributed by atoms with E-state index in [-0.39, 0.29) is 0 Å². The van der Waals surface area contributed by atoms with E-state index in [1.165, 1.54) is 120 Å². The molecular formula is C118H74N6. The Labute approximate surface area is 715 Å². The Morgan fingerprint density at radius 3 is 0.847 bits per heavy atom. The summed E-state index contributed by atoms with van der Waals surface area (Å²) in [6.07, 6.45) is 0. The van der Waals surface area contributed by atoms with Crippen LogP contribution in [0.4, 0.5) is 0 Å². The highest BCUT2D eigenvalue weighted by molar-refractivity contribution is 6.31. The van der Waals surface area contributed by atoms with Gasteiger partial charge in [0.25, 0.3) is 0 Å². The monoisotopic (exact) mass is 1570 g/mol. The number of fused-ring (bicyclic) bond motifs is 18. The molecule has 576 valence electrons. The summed E-state index contributed by atoms with van der Waals surface area (Å²) >= 11 is 0. The molecule has 0 aliphatic rings. The van der Waals surface area contributed by atoms with Gasteiger partial charge in [-0.15, -0.1) is 0 Å². The van der Waals surface area contributed by atoms with E-state index in [1.54, 1.807) is 0 Å². The molecule has 6 heteroatoms. The molecule has 0 bridgehead atoms. The molecule has 0 amide bonds. The summed E-state index contributed by atoms with van der Waals surface area (Å²) in [6, 6.07) is 161. The standard InChI is InChI=1S/C62H39N3.C56H35N3/c1-3-15-40(16-4-1)46-37-47(41-17-5-2-6-18-41)39-48(38-46)42-27-29-45(30-28-42)61-62(64-55-26-14-13-25-54(55)63-61)53-33-36-56(52-24-12-11-23-51(52)53)65-57-34-31-43-19-7-9-21-49(43)59(57)60-50-22-10-8-20-44(50)32-35-58(60)65;1-2-13-36(14-3-1)37-27-29-38(30-28-37)41-17-10-18-42(35-41)55-56(58-49-25-9-8-24-48(49)57-55)47-23-11-22-46-45(47)21-12-26-50(46)59-51-33-31-39-15-4-6-19-43(39)53(51)54-44-20-7-5-16-40(44)32-34-52(54)59/h1-39H;1-35H. The quantitative estimate of drug-likeness (QED) is 0.129. The van der Waals surface area contributed by atoms with Gasteiger partial charge < -0.3 is 9.13 Å². The molecule has 0 fully saturated rings. The molecule has 0 aliphatic carbocycles. The highest BCUT2D eigenvalue weighted by atomic mass is 15.0. The second-order valence-corrected chi connectivity index (χ2v) is 32.2. The Morgan fingerprint density at radius 2 is 0.411 bits per heavy atom. The summed E-state index contributed by atoms with van der Waals surface area (Å²) in [4.78, 5) is 21.6. The van der Waals surface area contributed by atoms with Crippen LogP contribution >= 0.6 is 0 Å². The van der Waals surface area contributed by atoms with Crippen LogP contribution in [0.15, 0.2) is 449 Å². The van der Waals surface area contributed by atoms with Crippen LogP contribution in [0.3, 0.4) is 0 Å². The number of hydrogen-bond donors (Lipinski definition) is 0. The topological polar surface area (TPSA) is 61.4 Å². The van der Waals surface area contributed by atoms with E-state index in [2.05, 4.69) is 434 Å². The first-order valence-electron chi connectivity index (χ1n) is 42.4. The molecule has 0 radical (unpaired) electrons. The fourth-order valence-electron chi connectivity index (χ4n) is 19.3. The van der Waals surface area contributed by atoms with Crippen LogP contribution in [-0.2, 0) is 0 Å². The minimum absolute atomic E-state index is 0.853. The van der Waals surface area contributed by atoms with Crippen molar-refractivity contribution >= 4 is 130 Å². The lowest BCUT2D eigenvalue weighted by molar-refractivity contribution is 1.20. The lowest BCUT2D eigenvalue weighted by atomic mass is 9.92. The van der Waals surface area contributed by atoms with Crippen molar-refractivity contribution < 1.29 is 0 Å². The number of benzene rings is 21. The van der Waals surface area contributed by atoms with Crippen molar-refractivity contribution in [3.8, 4) is 112 Å². The average molecular weight is 1580 g/mol. The Balaban J connectivity index is 0.000000140. The van der Waals surface area contributed by atoms with Gasteiger partial charge in [-0.05, 0) is 200 Å². The first-order valence-corrected chi connectivity index (χ1v) is 42.4. The number of rotatable bonds is 11. The zero-order valence-electron chi connectivity index (χ0n) is 67.4. The van der Waals surface area contributed by atoms with Gasteiger partial charge in [0.1, 0.15) is 0 Å². The van der Waals surface area contributed by atoms with Crippen LogP contribution < -0.4 is 0 Å². The summed E-state index contributed by atoms with van der Waals surface area (Å²) in [5, 5.41) is 19.6. The SMILES string of the molecule is c1ccc(-c2cc(-c3ccccc3)cc(-c3ccc(-c4nc5ccccc5nc4-c4ccc(-n5c6ccc7ccccc7c6c6c7ccccc7ccc65)c5ccccc45)cc3)c2)cc1.c1ccc(-c2ccc(-c3cccc(-c4nc5ccccc5nc4-c4cccc5c(-n6c7ccc8ccccc8c7c7c8ccccc8ccc76)cccc45)c3)cc2)cc1. The van der Waals surface area contributed by atoms with Crippen molar-refractivity contribution in [2.45, 2.75) is 0 Å². The van der Waals surface area contributed by atoms with Crippen LogP contribution in [0.25, 0.3) is 242 Å². The van der Waals surface area contributed by atoms with Gasteiger partial charge in [0.15, 0.2) is 0 Å². The summed E-state index contributed by atoms with van der Waals surface area (Å²) in [5.41, 5.74) is 29.8. The fourth-order valence-corrected chi connectivity index (χ4v) is 19.3. The maximum atomic E-state index is 5.43. The summed E-state index contributed by atoms with van der Waals surface area (Å²) in [6.45, 7) is 0. The van der Waals surface area contributed by atoms with Gasteiger partial charge >= 0.3 is 0 Å². The summed E-state index contributed by atoms with van der Waals surface area (Å²) in [5.74, 6) is 0. The van der Waals surface area contributed by atoms with E-state index in [0.717, 1.165) is 122 Å². The van der Waals surface area contributed by atoms with Gasteiger partial charge in [0.05, 0.1) is 78.3 Å². The van der Waals surface area contributed by atoms with E-state index in [1.807, 2.05) is 24.3 Å². The third kappa shape index (κ3) is 12.2. The molecular weight excluding hydrogens is 1500 g/mol. The zero-order valence-corrected chi connectivity index (χ0v) is 67.4. The van der Waals surface area contributed by atoms with E-state index in [9.17, 15) is 0 Å². The maximum absolute atomic E-state index is 5.43. The van der Waals surface area contributed by atoms with Crippen LogP contribution in [0.2, 0.25) is 0 Å². The largest absolute Gasteiger partial charge is 0.309 e. The first kappa shape index (κ1) is 71.6. The molecule has 0 atom stereocenters. The lowest BCUT2D eigenvalue weighted by Crippen LogP contribution is -1.99. The molecule has 25 aromatic rings. The Kier molecular flexibility index (Phi) is 17.2. The van der Waals surface area contributed by atoms with Gasteiger partial charge in [-0.25, -0.2) is 19.9 Å². The highest BCUT2D eigenvalue weighted by Gasteiger charge is 2.26. The van der Waals surface area contributed by atoms with Gasteiger partial charge in [0, 0.05) is 54.6 Å². The molecule has 0 N–H and O–H groups in total. The molecule has 0 spiro atoms. The molecule has 4 heterocycles. The smallest absolute Gasteiger partial charge is 0.0979 e. The van der Waals surface area contributed by atoms with E-state index in [0.29, 0.717) is 0 Å². The second kappa shape index (κ2) is 29.8. The van der Waals surface area contributed by atoms with Crippen molar-refractivity contribution in [2.24, 2.45) is 0 Å². The number of aromatic nitrogens is 6. The van der Waals surface area contributed by atoms with Gasteiger partial charge in [-0.2, -0.15) is 0 Å². The van der Waals surface area contributed by atoms with E-state index >= 15 is 0 Å². The molecule has 124 heavy (non-hydrogen) atoms. The van der Waals surface area contributed by atoms with Crippen molar-refractivity contribution in [1.29, 1.82) is 0 Å².